The normalized spacial score (nSPS) is 14.1. The van der Waals surface area contributed by atoms with Gasteiger partial charge in [0.2, 0.25) is 0 Å². The summed E-state index contributed by atoms with van der Waals surface area (Å²) in [6.45, 7) is 5.92. The van der Waals surface area contributed by atoms with Crippen LogP contribution in [0.3, 0.4) is 0 Å². The van der Waals surface area contributed by atoms with Gasteiger partial charge in [0.1, 0.15) is 5.82 Å². The molecule has 0 spiro atoms. The Morgan fingerprint density at radius 1 is 1.57 bits per heavy atom. The third-order valence-electron chi connectivity index (χ3n) is 2.33. The Hall–Kier alpha value is -0.960. The highest BCUT2D eigenvalue weighted by Gasteiger charge is 2.25. The van der Waals surface area contributed by atoms with E-state index in [-0.39, 0.29) is 17.3 Å². The maximum Gasteiger partial charge on any atom is 0.145 e. The first-order valence-electron chi connectivity index (χ1n) is 4.79. The summed E-state index contributed by atoms with van der Waals surface area (Å²) in [5.74, 6) is -0.252. The molecule has 1 atom stereocenters. The summed E-state index contributed by atoms with van der Waals surface area (Å²) in [4.78, 5) is 3.73. The molecule has 14 heavy (non-hydrogen) atoms. The average Bonchev–Trinajstić information content (AvgIpc) is 2.02. The Morgan fingerprint density at radius 2 is 2.21 bits per heavy atom. The van der Waals surface area contributed by atoms with Gasteiger partial charge >= 0.3 is 0 Å². The molecule has 2 N–H and O–H groups in total. The Morgan fingerprint density at radius 3 is 2.71 bits per heavy atom. The van der Waals surface area contributed by atoms with Gasteiger partial charge in [-0.1, -0.05) is 13.8 Å². The van der Waals surface area contributed by atoms with E-state index in [1.54, 1.807) is 12.3 Å². The zero-order valence-corrected chi connectivity index (χ0v) is 8.92. The Labute approximate surface area is 84.3 Å². The fourth-order valence-electron chi connectivity index (χ4n) is 1.84. The van der Waals surface area contributed by atoms with Gasteiger partial charge in [-0.05, 0) is 30.4 Å². The van der Waals surface area contributed by atoms with Crippen molar-refractivity contribution in [2.45, 2.75) is 38.6 Å². The third-order valence-corrected chi connectivity index (χ3v) is 2.33. The van der Waals surface area contributed by atoms with Crippen LogP contribution in [0.1, 0.15) is 32.8 Å². The molecule has 0 aliphatic carbocycles. The molecule has 0 amide bonds. The van der Waals surface area contributed by atoms with E-state index in [4.69, 9.17) is 5.73 Å². The summed E-state index contributed by atoms with van der Waals surface area (Å²) in [7, 11) is 0. The van der Waals surface area contributed by atoms with Crippen LogP contribution in [0.15, 0.2) is 18.5 Å². The number of pyridine rings is 1. The van der Waals surface area contributed by atoms with E-state index in [1.165, 1.54) is 6.20 Å². The van der Waals surface area contributed by atoms with Gasteiger partial charge < -0.3 is 5.73 Å². The lowest BCUT2D eigenvalue weighted by molar-refractivity contribution is 0.416. The molecule has 0 radical (unpaired) electrons. The molecule has 0 bridgehead atoms. The first kappa shape index (κ1) is 11.1. The van der Waals surface area contributed by atoms with Gasteiger partial charge in [-0.3, -0.25) is 4.98 Å². The van der Waals surface area contributed by atoms with Crippen LogP contribution in [0.25, 0.3) is 0 Å². The van der Waals surface area contributed by atoms with Crippen molar-refractivity contribution < 1.29 is 4.39 Å². The zero-order chi connectivity index (χ0) is 10.8. The van der Waals surface area contributed by atoms with Gasteiger partial charge in [0.15, 0.2) is 0 Å². The molecule has 0 aromatic carbocycles. The fourth-order valence-corrected chi connectivity index (χ4v) is 1.84. The number of halogens is 1. The topological polar surface area (TPSA) is 38.9 Å². The molecule has 1 aromatic heterocycles. The fraction of sp³-hybridized carbons (Fsp3) is 0.545. The summed E-state index contributed by atoms with van der Waals surface area (Å²) in [6.07, 6.45) is 3.62. The Bertz CT molecular complexity index is 308. The van der Waals surface area contributed by atoms with Crippen LogP contribution in [0.2, 0.25) is 0 Å². The SMILES string of the molecule is CC(N)CC(C)(C)c1ccncc1F. The van der Waals surface area contributed by atoms with Gasteiger partial charge in [0.25, 0.3) is 0 Å². The number of nitrogens with two attached hydrogens (primary N) is 1. The molecule has 78 valence electrons. The van der Waals surface area contributed by atoms with Crippen LogP contribution in [0.5, 0.6) is 0 Å². The molecule has 1 aromatic rings. The lowest BCUT2D eigenvalue weighted by Gasteiger charge is -2.27. The van der Waals surface area contributed by atoms with Crippen LogP contribution in [0, 0.1) is 5.82 Å². The predicted octanol–water partition coefficient (Wildman–Crippen LogP) is 2.24. The minimum Gasteiger partial charge on any atom is -0.328 e. The lowest BCUT2D eigenvalue weighted by atomic mass is 9.80. The van der Waals surface area contributed by atoms with E-state index in [1.807, 2.05) is 20.8 Å². The van der Waals surface area contributed by atoms with E-state index in [0.29, 0.717) is 5.56 Å². The Kier molecular flexibility index (Phi) is 3.21. The van der Waals surface area contributed by atoms with Gasteiger partial charge in [-0.15, -0.1) is 0 Å². The molecule has 0 aliphatic heterocycles. The smallest absolute Gasteiger partial charge is 0.145 e. The van der Waals surface area contributed by atoms with Gasteiger partial charge in [0.05, 0.1) is 6.20 Å². The quantitative estimate of drug-likeness (QED) is 0.805. The van der Waals surface area contributed by atoms with Crippen molar-refractivity contribution >= 4 is 0 Å². The number of hydrogen-bond donors (Lipinski definition) is 1. The van der Waals surface area contributed by atoms with Crippen LogP contribution in [-0.2, 0) is 5.41 Å². The molecular formula is C11H17FN2. The molecule has 1 heterocycles. The highest BCUT2D eigenvalue weighted by molar-refractivity contribution is 5.22. The molecular weight excluding hydrogens is 179 g/mol. The van der Waals surface area contributed by atoms with Crippen LogP contribution < -0.4 is 5.73 Å². The number of hydrogen-bond acceptors (Lipinski definition) is 2. The number of rotatable bonds is 3. The van der Waals surface area contributed by atoms with E-state index >= 15 is 0 Å². The van der Waals surface area contributed by atoms with Crippen molar-refractivity contribution in [2.24, 2.45) is 5.73 Å². The van der Waals surface area contributed by atoms with Crippen molar-refractivity contribution in [1.29, 1.82) is 0 Å². The molecule has 0 fully saturated rings. The number of aromatic nitrogens is 1. The van der Waals surface area contributed by atoms with Crippen molar-refractivity contribution in [2.75, 3.05) is 0 Å². The minimum absolute atomic E-state index is 0.0672. The summed E-state index contributed by atoms with van der Waals surface area (Å²) in [5.41, 5.74) is 6.18. The number of nitrogens with zero attached hydrogens (tertiary/aromatic N) is 1. The monoisotopic (exact) mass is 196 g/mol. The maximum atomic E-state index is 13.4. The predicted molar refractivity (Wildman–Crippen MR) is 55.5 cm³/mol. The first-order chi connectivity index (χ1) is 6.43. The molecule has 0 aliphatic rings. The maximum absolute atomic E-state index is 13.4. The van der Waals surface area contributed by atoms with E-state index in [9.17, 15) is 4.39 Å². The zero-order valence-electron chi connectivity index (χ0n) is 8.92. The van der Waals surface area contributed by atoms with E-state index in [2.05, 4.69) is 4.98 Å². The van der Waals surface area contributed by atoms with Crippen LogP contribution >= 0.6 is 0 Å². The molecule has 1 rings (SSSR count). The lowest BCUT2D eigenvalue weighted by Crippen LogP contribution is -2.29. The third kappa shape index (κ3) is 2.51. The molecule has 0 saturated carbocycles. The highest BCUT2D eigenvalue weighted by Crippen LogP contribution is 2.29. The van der Waals surface area contributed by atoms with Gasteiger partial charge in [-0.25, -0.2) is 4.39 Å². The standard InChI is InChI=1S/C11H17FN2/c1-8(13)6-11(2,3)9-4-5-14-7-10(9)12/h4-5,7-8H,6,13H2,1-3H3. The van der Waals surface area contributed by atoms with Crippen molar-refractivity contribution in [3.8, 4) is 0 Å². The first-order valence-corrected chi connectivity index (χ1v) is 4.79. The summed E-state index contributed by atoms with van der Waals surface area (Å²) >= 11 is 0. The summed E-state index contributed by atoms with van der Waals surface area (Å²) in [6, 6.07) is 1.79. The summed E-state index contributed by atoms with van der Waals surface area (Å²) in [5, 5.41) is 0. The Balaban J connectivity index is 2.97. The largest absolute Gasteiger partial charge is 0.328 e. The molecule has 0 saturated heterocycles. The second kappa shape index (κ2) is 4.05. The molecule has 3 heteroatoms. The van der Waals surface area contributed by atoms with Crippen LogP contribution in [0.4, 0.5) is 4.39 Å². The molecule has 1 unspecified atom stereocenters. The van der Waals surface area contributed by atoms with Gasteiger partial charge in [-0.2, -0.15) is 0 Å². The summed E-state index contributed by atoms with van der Waals surface area (Å²) < 4.78 is 13.4. The van der Waals surface area contributed by atoms with Crippen molar-refractivity contribution in [3.05, 3.63) is 29.8 Å². The highest BCUT2D eigenvalue weighted by atomic mass is 19.1. The average molecular weight is 196 g/mol. The van der Waals surface area contributed by atoms with Crippen molar-refractivity contribution in [3.63, 3.8) is 0 Å². The van der Waals surface area contributed by atoms with Gasteiger partial charge in [0, 0.05) is 12.2 Å². The van der Waals surface area contributed by atoms with Crippen molar-refractivity contribution in [1.82, 2.24) is 4.98 Å². The van der Waals surface area contributed by atoms with Crippen LogP contribution in [-0.4, -0.2) is 11.0 Å². The minimum atomic E-state index is -0.252. The van der Waals surface area contributed by atoms with E-state index < -0.39 is 0 Å². The second-order valence-corrected chi connectivity index (χ2v) is 4.42. The molecule has 2 nitrogen and oxygen atoms in total. The second-order valence-electron chi connectivity index (χ2n) is 4.42. The van der Waals surface area contributed by atoms with E-state index in [0.717, 1.165) is 6.42 Å².